The van der Waals surface area contributed by atoms with Crippen LogP contribution in [0.1, 0.15) is 24.5 Å². The molecule has 2 aromatic carbocycles. The summed E-state index contributed by atoms with van der Waals surface area (Å²) >= 11 is 1.87. The lowest BCUT2D eigenvalue weighted by molar-refractivity contribution is 0.256. The second kappa shape index (κ2) is 6.67. The number of amides is 2. The van der Waals surface area contributed by atoms with Gasteiger partial charge in [-0.2, -0.15) is 0 Å². The highest BCUT2D eigenvalue weighted by Gasteiger charge is 2.28. The number of carbonyl (C=O) groups excluding carboxylic acids is 1. The first-order valence-electron chi connectivity index (χ1n) is 8.00. The zero-order chi connectivity index (χ0) is 16.4. The quantitative estimate of drug-likeness (QED) is 0.820. The standard InChI is InChI=1S/C19H22N2OS/c1-4-15-12-21(17-7-5-6-8-18(17)23-15)19(22)20-16-10-9-13(2)11-14(16)3/h5-11,15H,4,12H2,1-3H3,(H,20,22)/t15-/m0/s1. The molecular weight excluding hydrogens is 304 g/mol. The summed E-state index contributed by atoms with van der Waals surface area (Å²) in [5.41, 5.74) is 4.17. The number of fused-ring (bicyclic) bond motifs is 1. The number of rotatable bonds is 2. The van der Waals surface area contributed by atoms with Crippen LogP contribution in [-0.2, 0) is 0 Å². The Morgan fingerprint density at radius 2 is 2.04 bits per heavy atom. The Morgan fingerprint density at radius 1 is 1.26 bits per heavy atom. The fourth-order valence-corrected chi connectivity index (χ4v) is 4.05. The van der Waals surface area contributed by atoms with Crippen molar-refractivity contribution in [3.8, 4) is 0 Å². The van der Waals surface area contributed by atoms with Gasteiger partial charge in [0.1, 0.15) is 0 Å². The van der Waals surface area contributed by atoms with Gasteiger partial charge in [-0.3, -0.25) is 4.90 Å². The first-order chi connectivity index (χ1) is 11.1. The Kier molecular flexibility index (Phi) is 4.62. The lowest BCUT2D eigenvalue weighted by Crippen LogP contribution is -2.42. The number of urea groups is 1. The highest BCUT2D eigenvalue weighted by atomic mass is 32.2. The van der Waals surface area contributed by atoms with Crippen LogP contribution in [0.3, 0.4) is 0 Å². The van der Waals surface area contributed by atoms with Gasteiger partial charge in [0.2, 0.25) is 0 Å². The Balaban J connectivity index is 1.86. The van der Waals surface area contributed by atoms with E-state index in [1.54, 1.807) is 0 Å². The monoisotopic (exact) mass is 326 g/mol. The van der Waals surface area contributed by atoms with E-state index in [9.17, 15) is 4.79 Å². The summed E-state index contributed by atoms with van der Waals surface area (Å²) in [5.74, 6) is 0. The van der Waals surface area contributed by atoms with E-state index < -0.39 is 0 Å². The summed E-state index contributed by atoms with van der Waals surface area (Å²) in [5, 5.41) is 3.51. The van der Waals surface area contributed by atoms with Crippen molar-refractivity contribution >= 4 is 29.2 Å². The molecule has 3 nitrogen and oxygen atoms in total. The molecule has 0 saturated heterocycles. The number of anilines is 2. The third-order valence-electron chi connectivity index (χ3n) is 4.16. The van der Waals surface area contributed by atoms with Gasteiger partial charge >= 0.3 is 6.03 Å². The van der Waals surface area contributed by atoms with Crippen LogP contribution in [0, 0.1) is 13.8 Å². The van der Waals surface area contributed by atoms with Crippen LogP contribution in [0.5, 0.6) is 0 Å². The van der Waals surface area contributed by atoms with Crippen LogP contribution in [0.4, 0.5) is 16.2 Å². The SMILES string of the molecule is CC[C@H]1CN(C(=O)Nc2ccc(C)cc2C)c2ccccc2S1. The second-order valence-corrected chi connectivity index (χ2v) is 7.32. The molecule has 1 aliphatic rings. The number of nitrogens with one attached hydrogen (secondary N) is 1. The number of aryl methyl sites for hydroxylation is 2. The minimum atomic E-state index is -0.0526. The van der Waals surface area contributed by atoms with Crippen molar-refractivity contribution in [2.45, 2.75) is 37.3 Å². The van der Waals surface area contributed by atoms with Gasteiger partial charge in [0, 0.05) is 22.4 Å². The third-order valence-corrected chi connectivity index (χ3v) is 5.57. The molecule has 0 bridgehead atoms. The zero-order valence-corrected chi connectivity index (χ0v) is 14.6. The van der Waals surface area contributed by atoms with Gasteiger partial charge in [-0.1, -0.05) is 36.8 Å². The molecule has 1 aliphatic heterocycles. The fraction of sp³-hybridized carbons (Fsp3) is 0.316. The van der Waals surface area contributed by atoms with Crippen molar-refractivity contribution in [1.82, 2.24) is 0 Å². The predicted octanol–water partition coefficient (Wildman–Crippen LogP) is 5.23. The maximum absolute atomic E-state index is 12.8. The topological polar surface area (TPSA) is 32.3 Å². The lowest BCUT2D eigenvalue weighted by Gasteiger charge is -2.33. The molecule has 0 unspecified atom stereocenters. The molecule has 0 radical (unpaired) electrons. The van der Waals surface area contributed by atoms with E-state index in [1.807, 2.05) is 53.9 Å². The van der Waals surface area contributed by atoms with E-state index in [4.69, 9.17) is 0 Å². The Morgan fingerprint density at radius 3 is 2.78 bits per heavy atom. The summed E-state index contributed by atoms with van der Waals surface area (Å²) in [6.45, 7) is 7.00. The van der Waals surface area contributed by atoms with E-state index in [2.05, 4.69) is 31.3 Å². The summed E-state index contributed by atoms with van der Waals surface area (Å²) in [6, 6.07) is 14.2. The third kappa shape index (κ3) is 3.37. The fourth-order valence-electron chi connectivity index (χ4n) is 2.84. The minimum Gasteiger partial charge on any atom is -0.307 e. The highest BCUT2D eigenvalue weighted by molar-refractivity contribution is 8.00. The van der Waals surface area contributed by atoms with Gasteiger partial charge < -0.3 is 5.32 Å². The molecule has 2 amide bonds. The normalized spacial score (nSPS) is 16.8. The van der Waals surface area contributed by atoms with Crippen molar-refractivity contribution in [3.05, 3.63) is 53.6 Å². The number of hydrogen-bond acceptors (Lipinski definition) is 2. The molecule has 0 aromatic heterocycles. The number of para-hydroxylation sites is 1. The molecule has 1 atom stereocenters. The molecule has 2 aromatic rings. The van der Waals surface area contributed by atoms with Crippen molar-refractivity contribution in [2.75, 3.05) is 16.8 Å². The predicted molar refractivity (Wildman–Crippen MR) is 98.7 cm³/mol. The molecule has 0 spiro atoms. The number of carbonyl (C=O) groups is 1. The van der Waals surface area contributed by atoms with Crippen LogP contribution >= 0.6 is 11.8 Å². The van der Waals surface area contributed by atoms with Crippen LogP contribution in [0.2, 0.25) is 0 Å². The first kappa shape index (κ1) is 15.9. The highest BCUT2D eigenvalue weighted by Crippen LogP contribution is 2.39. The van der Waals surface area contributed by atoms with Crippen LogP contribution in [0.15, 0.2) is 47.4 Å². The van der Waals surface area contributed by atoms with Crippen LogP contribution < -0.4 is 10.2 Å². The minimum absolute atomic E-state index is 0.0526. The van der Waals surface area contributed by atoms with Gasteiger partial charge in [0.25, 0.3) is 0 Å². The molecule has 1 heterocycles. The molecule has 0 saturated carbocycles. The average Bonchev–Trinajstić information content (AvgIpc) is 2.56. The van der Waals surface area contributed by atoms with Crippen molar-refractivity contribution in [1.29, 1.82) is 0 Å². The van der Waals surface area contributed by atoms with E-state index in [1.165, 1.54) is 10.5 Å². The second-order valence-electron chi connectivity index (χ2n) is 5.97. The van der Waals surface area contributed by atoms with Crippen molar-refractivity contribution < 1.29 is 4.79 Å². The Bertz CT molecular complexity index is 729. The van der Waals surface area contributed by atoms with E-state index >= 15 is 0 Å². The van der Waals surface area contributed by atoms with Crippen LogP contribution in [0.25, 0.3) is 0 Å². The molecule has 120 valence electrons. The Labute approximate surface area is 142 Å². The van der Waals surface area contributed by atoms with E-state index in [0.717, 1.165) is 29.9 Å². The van der Waals surface area contributed by atoms with Gasteiger partial charge in [0.15, 0.2) is 0 Å². The van der Waals surface area contributed by atoms with Gasteiger partial charge in [-0.05, 0) is 44.0 Å². The summed E-state index contributed by atoms with van der Waals surface area (Å²) in [7, 11) is 0. The average molecular weight is 326 g/mol. The molecule has 0 fully saturated rings. The smallest absolute Gasteiger partial charge is 0.307 e. The Hall–Kier alpha value is -1.94. The maximum Gasteiger partial charge on any atom is 0.326 e. The summed E-state index contributed by atoms with van der Waals surface area (Å²) in [4.78, 5) is 15.9. The zero-order valence-electron chi connectivity index (χ0n) is 13.8. The first-order valence-corrected chi connectivity index (χ1v) is 8.88. The molecule has 1 N–H and O–H groups in total. The number of thioether (sulfide) groups is 1. The van der Waals surface area contributed by atoms with E-state index in [0.29, 0.717) is 5.25 Å². The number of hydrogen-bond donors (Lipinski definition) is 1. The molecular formula is C19H22N2OS. The van der Waals surface area contributed by atoms with Crippen LogP contribution in [-0.4, -0.2) is 17.8 Å². The van der Waals surface area contributed by atoms with E-state index in [-0.39, 0.29) is 6.03 Å². The maximum atomic E-state index is 12.8. The van der Waals surface area contributed by atoms with Crippen molar-refractivity contribution in [2.24, 2.45) is 0 Å². The van der Waals surface area contributed by atoms with Gasteiger partial charge in [-0.15, -0.1) is 11.8 Å². The van der Waals surface area contributed by atoms with Crippen molar-refractivity contribution in [3.63, 3.8) is 0 Å². The molecule has 23 heavy (non-hydrogen) atoms. The van der Waals surface area contributed by atoms with Gasteiger partial charge in [-0.25, -0.2) is 4.79 Å². The lowest BCUT2D eigenvalue weighted by atomic mass is 10.1. The molecule has 3 rings (SSSR count). The molecule has 0 aliphatic carbocycles. The number of nitrogens with zero attached hydrogens (tertiary/aromatic N) is 1. The largest absolute Gasteiger partial charge is 0.326 e. The number of benzene rings is 2. The summed E-state index contributed by atoms with van der Waals surface area (Å²) in [6.07, 6.45) is 1.05. The molecule has 4 heteroatoms. The summed E-state index contributed by atoms with van der Waals surface area (Å²) < 4.78 is 0. The van der Waals surface area contributed by atoms with Gasteiger partial charge in [0.05, 0.1) is 5.69 Å².